The number of halogens is 1. The molecule has 2 aromatic heterocycles. The van der Waals surface area contributed by atoms with Gasteiger partial charge in [-0.15, -0.1) is 0 Å². The van der Waals surface area contributed by atoms with Crippen molar-refractivity contribution in [1.29, 1.82) is 0 Å². The van der Waals surface area contributed by atoms with Crippen molar-refractivity contribution < 1.29 is 4.79 Å². The topological polar surface area (TPSA) is 70.7 Å². The van der Waals surface area contributed by atoms with E-state index in [4.69, 9.17) is 0 Å². The highest BCUT2D eigenvalue weighted by Crippen LogP contribution is 2.14. The summed E-state index contributed by atoms with van der Waals surface area (Å²) in [6.45, 7) is 0. The van der Waals surface area contributed by atoms with Gasteiger partial charge in [0.1, 0.15) is 11.5 Å². The Hall–Kier alpha value is -1.69. The van der Waals surface area contributed by atoms with E-state index in [-0.39, 0.29) is 5.91 Å². The highest BCUT2D eigenvalue weighted by atomic mass is 79.9. The van der Waals surface area contributed by atoms with Crippen molar-refractivity contribution in [2.45, 2.75) is 0 Å². The highest BCUT2D eigenvalue weighted by Gasteiger charge is 2.11. The fraction of sp³-hybridized carbons (Fsp3) is 0. The van der Waals surface area contributed by atoms with Gasteiger partial charge in [0.05, 0.1) is 6.20 Å². The molecule has 0 aliphatic heterocycles. The molecule has 15 heavy (non-hydrogen) atoms. The third kappa shape index (κ3) is 2.21. The molecule has 5 nitrogen and oxygen atoms in total. The molecule has 76 valence electrons. The smallest absolute Gasteiger partial charge is 0.276 e. The van der Waals surface area contributed by atoms with Crippen LogP contribution in [0, 0.1) is 0 Å². The third-order valence-corrected chi connectivity index (χ3v) is 2.36. The molecule has 0 radical (unpaired) electrons. The first-order valence-corrected chi connectivity index (χ1v) is 4.98. The van der Waals surface area contributed by atoms with Crippen LogP contribution >= 0.6 is 15.9 Å². The fourth-order valence-electron chi connectivity index (χ4n) is 1.06. The minimum Gasteiger partial charge on any atom is -0.306 e. The Morgan fingerprint density at radius 1 is 1.40 bits per heavy atom. The van der Waals surface area contributed by atoms with Crippen molar-refractivity contribution in [3.63, 3.8) is 0 Å². The largest absolute Gasteiger partial charge is 0.306 e. The van der Waals surface area contributed by atoms with Crippen molar-refractivity contribution in [3.8, 4) is 0 Å². The number of hydrogen-bond acceptors (Lipinski definition) is 3. The number of amides is 1. The van der Waals surface area contributed by atoms with Crippen molar-refractivity contribution in [3.05, 3.63) is 40.8 Å². The molecule has 0 bridgehead atoms. The normalized spacial score (nSPS) is 9.93. The summed E-state index contributed by atoms with van der Waals surface area (Å²) in [6.07, 6.45) is 3.12. The second-order valence-corrected chi connectivity index (χ2v) is 3.61. The molecule has 0 aromatic carbocycles. The minimum atomic E-state index is -0.285. The van der Waals surface area contributed by atoms with Crippen LogP contribution in [0.1, 0.15) is 10.5 Å². The molecule has 1 amide bonds. The maximum absolute atomic E-state index is 11.7. The van der Waals surface area contributed by atoms with Crippen LogP contribution in [0.15, 0.2) is 35.1 Å². The molecule has 2 aromatic rings. The minimum absolute atomic E-state index is 0.285. The van der Waals surface area contributed by atoms with Crippen LogP contribution in [0.25, 0.3) is 0 Å². The lowest BCUT2D eigenvalue weighted by atomic mass is 10.3. The van der Waals surface area contributed by atoms with Gasteiger partial charge < -0.3 is 5.32 Å². The van der Waals surface area contributed by atoms with Gasteiger partial charge in [-0.2, -0.15) is 5.10 Å². The molecule has 0 saturated carbocycles. The first-order chi connectivity index (χ1) is 7.27. The molecule has 0 fully saturated rings. The van der Waals surface area contributed by atoms with Gasteiger partial charge in [-0.05, 0) is 28.1 Å². The van der Waals surface area contributed by atoms with E-state index in [0.717, 1.165) is 0 Å². The number of aromatic nitrogens is 3. The number of hydrogen-bond donors (Lipinski definition) is 2. The van der Waals surface area contributed by atoms with Crippen LogP contribution in [0.3, 0.4) is 0 Å². The third-order valence-electron chi connectivity index (χ3n) is 1.72. The second kappa shape index (κ2) is 4.22. The van der Waals surface area contributed by atoms with Crippen molar-refractivity contribution in [2.24, 2.45) is 0 Å². The van der Waals surface area contributed by atoms with Gasteiger partial charge in [-0.3, -0.25) is 9.89 Å². The Kier molecular flexibility index (Phi) is 2.77. The first kappa shape index (κ1) is 9.85. The van der Waals surface area contributed by atoms with Gasteiger partial charge >= 0.3 is 0 Å². The predicted octanol–water partition coefficient (Wildman–Crippen LogP) is 1.82. The Labute approximate surface area is 94.0 Å². The van der Waals surface area contributed by atoms with Gasteiger partial charge in [0, 0.05) is 16.7 Å². The number of anilines is 1. The maximum Gasteiger partial charge on any atom is 0.276 e. The Bertz CT molecular complexity index is 469. The second-order valence-electron chi connectivity index (χ2n) is 2.76. The number of carbonyl (C=O) groups is 1. The summed E-state index contributed by atoms with van der Waals surface area (Å²) >= 11 is 3.25. The zero-order chi connectivity index (χ0) is 10.7. The summed E-state index contributed by atoms with van der Waals surface area (Å²) in [7, 11) is 0. The lowest BCUT2D eigenvalue weighted by Gasteiger charge is -2.02. The summed E-state index contributed by atoms with van der Waals surface area (Å²) in [5, 5.41) is 8.98. The van der Waals surface area contributed by atoms with Gasteiger partial charge in [0.25, 0.3) is 5.91 Å². The molecule has 2 N–H and O–H groups in total. The molecular weight excluding hydrogens is 260 g/mol. The average Bonchev–Trinajstić information content (AvgIpc) is 2.71. The van der Waals surface area contributed by atoms with E-state index in [9.17, 15) is 4.79 Å². The van der Waals surface area contributed by atoms with Crippen LogP contribution in [0.5, 0.6) is 0 Å². The lowest BCUT2D eigenvalue weighted by molar-refractivity contribution is 0.102. The molecule has 0 saturated heterocycles. The molecule has 6 heteroatoms. The number of rotatable bonds is 2. The molecule has 0 spiro atoms. The van der Waals surface area contributed by atoms with E-state index in [1.54, 1.807) is 30.6 Å². The van der Waals surface area contributed by atoms with Crippen LogP contribution < -0.4 is 5.32 Å². The fourth-order valence-corrected chi connectivity index (χ4v) is 1.49. The van der Waals surface area contributed by atoms with Crippen LogP contribution in [0.4, 0.5) is 5.82 Å². The van der Waals surface area contributed by atoms with Gasteiger partial charge in [-0.25, -0.2) is 4.98 Å². The number of carbonyl (C=O) groups excluding carboxylic acids is 1. The van der Waals surface area contributed by atoms with Gasteiger partial charge in [0.15, 0.2) is 0 Å². The van der Waals surface area contributed by atoms with Crippen molar-refractivity contribution >= 4 is 27.7 Å². The van der Waals surface area contributed by atoms with Crippen molar-refractivity contribution in [1.82, 2.24) is 15.2 Å². The lowest BCUT2D eigenvalue weighted by Crippen LogP contribution is -2.14. The highest BCUT2D eigenvalue weighted by molar-refractivity contribution is 9.10. The van der Waals surface area contributed by atoms with Crippen molar-refractivity contribution in [2.75, 3.05) is 5.32 Å². The Morgan fingerprint density at radius 2 is 2.27 bits per heavy atom. The maximum atomic E-state index is 11.7. The summed E-state index contributed by atoms with van der Waals surface area (Å²) < 4.78 is 0.655. The van der Waals surface area contributed by atoms with E-state index >= 15 is 0 Å². The molecule has 0 aliphatic rings. The number of aromatic amines is 1. The number of H-pyrrole nitrogens is 1. The zero-order valence-electron chi connectivity index (χ0n) is 7.57. The molecule has 0 aliphatic carbocycles. The predicted molar refractivity (Wildman–Crippen MR) is 58.5 cm³/mol. The van der Waals surface area contributed by atoms with Gasteiger partial charge in [-0.1, -0.05) is 0 Å². The molecular formula is C9H7BrN4O. The van der Waals surface area contributed by atoms with E-state index in [2.05, 4.69) is 36.4 Å². The van der Waals surface area contributed by atoms with Gasteiger partial charge in [0.2, 0.25) is 0 Å². The summed E-state index contributed by atoms with van der Waals surface area (Å²) in [5.74, 6) is 0.254. The molecule has 2 rings (SSSR count). The van der Waals surface area contributed by atoms with Crippen LogP contribution in [0.2, 0.25) is 0 Å². The summed E-state index contributed by atoms with van der Waals surface area (Å²) in [6, 6.07) is 5.17. The summed E-state index contributed by atoms with van der Waals surface area (Å²) in [4.78, 5) is 15.6. The van der Waals surface area contributed by atoms with E-state index in [1.165, 1.54) is 0 Å². The van der Waals surface area contributed by atoms with Crippen LogP contribution in [-0.2, 0) is 0 Å². The average molecular weight is 267 g/mol. The summed E-state index contributed by atoms with van der Waals surface area (Å²) in [5.41, 5.74) is 0.340. The number of nitrogens with one attached hydrogen (secondary N) is 2. The quantitative estimate of drug-likeness (QED) is 0.871. The molecule has 2 heterocycles. The standard InChI is InChI=1S/C9H7BrN4O/c10-6-2-1-4-11-8(6)9(15)13-7-3-5-12-14-7/h1-5H,(H2,12,13,14,15). The number of pyridine rings is 1. The molecule has 0 unspecified atom stereocenters. The van der Waals surface area contributed by atoms with E-state index in [1.807, 2.05) is 0 Å². The zero-order valence-corrected chi connectivity index (χ0v) is 9.15. The molecule has 0 atom stereocenters. The van der Waals surface area contributed by atoms with Crippen LogP contribution in [-0.4, -0.2) is 21.1 Å². The SMILES string of the molecule is O=C(Nc1ccn[nH]1)c1ncccc1Br. The van der Waals surface area contributed by atoms with E-state index < -0.39 is 0 Å². The monoisotopic (exact) mass is 266 g/mol. The first-order valence-electron chi connectivity index (χ1n) is 4.18. The Balaban J connectivity index is 2.19. The number of nitrogens with zero attached hydrogens (tertiary/aromatic N) is 2. The Morgan fingerprint density at radius 3 is 2.93 bits per heavy atom. The van der Waals surface area contributed by atoms with E-state index in [0.29, 0.717) is 16.0 Å².